The fraction of sp³-hybridized carbons (Fsp3) is 0.750. The number of hydrogen-bond donors (Lipinski definition) is 0. The highest BCUT2D eigenvalue weighted by Crippen LogP contribution is 2.04. The second-order valence-corrected chi connectivity index (χ2v) is 1.28. The fourth-order valence-electron chi connectivity index (χ4n) is 0.204. The molecule has 2 nitrogen and oxygen atoms in total. The number of rotatable bonds is 3. The van der Waals surface area contributed by atoms with E-state index in [1.54, 1.807) is 0 Å². The maximum atomic E-state index is 11.7. The quantitative estimate of drug-likeness (QED) is 0.422. The Bertz CT molecular complexity index is 121. The first-order valence-electron chi connectivity index (χ1n) is 2.14. The maximum Gasteiger partial charge on any atom is 0.271 e. The van der Waals surface area contributed by atoms with Gasteiger partial charge in [-0.25, -0.2) is 23.0 Å². The average molecular weight is 139 g/mol. The largest absolute Gasteiger partial charge is 0.271 e. The summed E-state index contributed by atoms with van der Waals surface area (Å²) in [6, 6.07) is 0. The van der Waals surface area contributed by atoms with E-state index in [4.69, 9.17) is 0 Å². The van der Waals surface area contributed by atoms with Crippen molar-refractivity contribution in [3.63, 3.8) is 0 Å². The predicted octanol–water partition coefficient (Wildman–Crippen LogP) is 0.925. The first-order valence-corrected chi connectivity index (χ1v) is 2.14. The molecule has 0 saturated heterocycles. The number of isocyanates is 1. The van der Waals surface area contributed by atoms with Crippen molar-refractivity contribution in [3.8, 4) is 0 Å². The van der Waals surface area contributed by atoms with Gasteiger partial charge in [0.1, 0.15) is 0 Å². The van der Waals surface area contributed by atoms with E-state index in [2.05, 4.69) is 4.99 Å². The molecule has 0 fully saturated rings. The first kappa shape index (κ1) is 8.17. The van der Waals surface area contributed by atoms with Crippen LogP contribution in [0.25, 0.3) is 0 Å². The van der Waals surface area contributed by atoms with Crippen molar-refractivity contribution in [2.75, 3.05) is 6.54 Å². The lowest BCUT2D eigenvalue weighted by atomic mass is 10.4. The molecule has 5 heteroatoms. The van der Waals surface area contributed by atoms with Gasteiger partial charge in [-0.05, 0) is 0 Å². The Morgan fingerprint density at radius 1 is 1.44 bits per heavy atom. The van der Waals surface area contributed by atoms with Crippen LogP contribution in [-0.4, -0.2) is 25.2 Å². The first-order chi connectivity index (χ1) is 4.18. The van der Waals surface area contributed by atoms with Gasteiger partial charge in [-0.3, -0.25) is 0 Å². The summed E-state index contributed by atoms with van der Waals surface area (Å²) in [5.41, 5.74) is 0. The van der Waals surface area contributed by atoms with E-state index in [9.17, 15) is 18.0 Å². The monoisotopic (exact) mass is 139 g/mol. The number of halogens is 3. The average Bonchev–Trinajstić information content (AvgIpc) is 1.82. The Labute approximate surface area is 49.4 Å². The van der Waals surface area contributed by atoms with Gasteiger partial charge in [-0.2, -0.15) is 0 Å². The lowest BCUT2D eigenvalue weighted by Gasteiger charge is -1.98. The molecule has 0 aromatic rings. The summed E-state index contributed by atoms with van der Waals surface area (Å²) in [4.78, 5) is 11.9. The van der Waals surface area contributed by atoms with Crippen LogP contribution >= 0.6 is 0 Å². The summed E-state index contributed by atoms with van der Waals surface area (Å²) in [5.74, 6) is 0. The minimum absolute atomic E-state index is 0.804. The second kappa shape index (κ2) is 4.09. The molecular weight excluding hydrogens is 135 g/mol. The smallest absolute Gasteiger partial charge is 0.239 e. The van der Waals surface area contributed by atoms with Crippen LogP contribution in [0.3, 0.4) is 0 Å². The third-order valence-electron chi connectivity index (χ3n) is 0.604. The Hall–Kier alpha value is -0.830. The molecule has 0 aliphatic rings. The normalized spacial score (nSPS) is 12.9. The van der Waals surface area contributed by atoms with Gasteiger partial charge in [0.05, 0.1) is 6.54 Å². The molecule has 0 rings (SSSR count). The molecule has 0 bridgehead atoms. The van der Waals surface area contributed by atoms with E-state index in [0.717, 1.165) is 6.08 Å². The number of carbonyl (C=O) groups excluding carboxylic acids is 1. The highest BCUT2D eigenvalue weighted by atomic mass is 19.3. The maximum absolute atomic E-state index is 11.7. The minimum atomic E-state index is -3.07. The highest BCUT2D eigenvalue weighted by Gasteiger charge is 2.17. The van der Waals surface area contributed by atoms with E-state index >= 15 is 0 Å². The zero-order chi connectivity index (χ0) is 7.28. The lowest BCUT2D eigenvalue weighted by molar-refractivity contribution is 0.0552. The molecule has 0 saturated carbocycles. The zero-order valence-corrected chi connectivity index (χ0v) is 4.35. The summed E-state index contributed by atoms with van der Waals surface area (Å²) < 4.78 is 34.1. The van der Waals surface area contributed by atoms with E-state index in [1.165, 1.54) is 0 Å². The molecule has 0 aromatic carbocycles. The molecule has 1 atom stereocenters. The van der Waals surface area contributed by atoms with Crippen LogP contribution in [-0.2, 0) is 4.79 Å². The van der Waals surface area contributed by atoms with Crippen LogP contribution < -0.4 is 0 Å². The van der Waals surface area contributed by atoms with Gasteiger partial charge in [0, 0.05) is 0 Å². The molecule has 0 radical (unpaired) electrons. The molecule has 1 unspecified atom stereocenters. The number of nitrogens with zero attached hydrogens (tertiary/aromatic N) is 1. The summed E-state index contributed by atoms with van der Waals surface area (Å²) in [7, 11) is 0. The van der Waals surface area contributed by atoms with Crippen LogP contribution in [0.5, 0.6) is 0 Å². The molecule has 9 heavy (non-hydrogen) atoms. The van der Waals surface area contributed by atoms with Gasteiger partial charge < -0.3 is 0 Å². The van der Waals surface area contributed by atoms with Gasteiger partial charge in [0.2, 0.25) is 6.08 Å². The molecule has 52 valence electrons. The molecule has 0 aliphatic carbocycles. The van der Waals surface area contributed by atoms with Crippen molar-refractivity contribution in [1.82, 2.24) is 0 Å². The standard InChI is InChI=1S/C4H4F3NO/c5-3(4(6)7)1-8-2-9/h3-4H,1H2. The summed E-state index contributed by atoms with van der Waals surface area (Å²) in [6.07, 6.45) is -4.45. The summed E-state index contributed by atoms with van der Waals surface area (Å²) >= 11 is 0. The van der Waals surface area contributed by atoms with Crippen molar-refractivity contribution < 1.29 is 18.0 Å². The number of aliphatic imine (C=N–C) groups is 1. The van der Waals surface area contributed by atoms with Gasteiger partial charge >= 0.3 is 0 Å². The van der Waals surface area contributed by atoms with Gasteiger partial charge in [0.25, 0.3) is 6.43 Å². The Morgan fingerprint density at radius 2 is 2.00 bits per heavy atom. The van der Waals surface area contributed by atoms with Crippen molar-refractivity contribution in [2.24, 2.45) is 4.99 Å². The fourth-order valence-corrected chi connectivity index (χ4v) is 0.204. The highest BCUT2D eigenvalue weighted by molar-refractivity contribution is 5.32. The van der Waals surface area contributed by atoms with Gasteiger partial charge in [0.15, 0.2) is 6.17 Å². The van der Waals surface area contributed by atoms with E-state index in [-0.39, 0.29) is 0 Å². The molecule has 0 spiro atoms. The van der Waals surface area contributed by atoms with Crippen LogP contribution in [0.1, 0.15) is 0 Å². The topological polar surface area (TPSA) is 29.4 Å². The van der Waals surface area contributed by atoms with Crippen molar-refractivity contribution in [1.29, 1.82) is 0 Å². The van der Waals surface area contributed by atoms with Crippen LogP contribution in [0, 0.1) is 0 Å². The molecule has 0 aliphatic heterocycles. The van der Waals surface area contributed by atoms with Crippen molar-refractivity contribution >= 4 is 6.08 Å². The van der Waals surface area contributed by atoms with Crippen molar-refractivity contribution in [2.45, 2.75) is 12.6 Å². The molecule has 0 amide bonds. The third kappa shape index (κ3) is 3.73. The van der Waals surface area contributed by atoms with Crippen molar-refractivity contribution in [3.05, 3.63) is 0 Å². The minimum Gasteiger partial charge on any atom is -0.239 e. The van der Waals surface area contributed by atoms with Crippen LogP contribution in [0.4, 0.5) is 13.2 Å². The van der Waals surface area contributed by atoms with Gasteiger partial charge in [-0.1, -0.05) is 0 Å². The van der Waals surface area contributed by atoms with Crippen LogP contribution in [0.2, 0.25) is 0 Å². The summed E-state index contributed by atoms with van der Waals surface area (Å²) in [6.45, 7) is -0.804. The Balaban J connectivity index is 3.49. The molecular formula is C4H4F3NO. The lowest BCUT2D eigenvalue weighted by Crippen LogP contribution is -2.15. The van der Waals surface area contributed by atoms with Gasteiger partial charge in [-0.15, -0.1) is 0 Å². The number of alkyl halides is 3. The van der Waals surface area contributed by atoms with E-state index in [0.29, 0.717) is 0 Å². The zero-order valence-electron chi connectivity index (χ0n) is 4.35. The SMILES string of the molecule is O=C=NCC(F)C(F)F. The predicted molar refractivity (Wildman–Crippen MR) is 23.9 cm³/mol. The van der Waals surface area contributed by atoms with Crippen LogP contribution in [0.15, 0.2) is 4.99 Å². The second-order valence-electron chi connectivity index (χ2n) is 1.28. The molecule has 0 N–H and O–H groups in total. The summed E-state index contributed by atoms with van der Waals surface area (Å²) in [5, 5.41) is 0. The molecule has 0 aromatic heterocycles. The number of hydrogen-bond acceptors (Lipinski definition) is 2. The van der Waals surface area contributed by atoms with E-state index < -0.39 is 19.1 Å². The van der Waals surface area contributed by atoms with E-state index in [1.807, 2.05) is 0 Å². The Morgan fingerprint density at radius 3 is 2.33 bits per heavy atom. The third-order valence-corrected chi connectivity index (χ3v) is 0.604. The Kier molecular flexibility index (Phi) is 3.71. The molecule has 0 heterocycles.